The zero-order valence-corrected chi connectivity index (χ0v) is 9.99. The van der Waals surface area contributed by atoms with Crippen molar-refractivity contribution >= 4 is 5.97 Å². The van der Waals surface area contributed by atoms with E-state index >= 15 is 0 Å². The van der Waals surface area contributed by atoms with E-state index in [9.17, 15) is 4.79 Å². The molecule has 1 saturated heterocycles. The highest BCUT2D eigenvalue weighted by atomic mass is 16.7. The molecule has 2 atom stereocenters. The van der Waals surface area contributed by atoms with Crippen LogP contribution in [-0.4, -0.2) is 18.4 Å². The fraction of sp³-hybridized carbons (Fsp3) is 0.750. The highest BCUT2D eigenvalue weighted by molar-refractivity contribution is 5.66. The van der Waals surface area contributed by atoms with Gasteiger partial charge in [0, 0.05) is 13.3 Å². The molecule has 0 aromatic rings. The van der Waals surface area contributed by atoms with Gasteiger partial charge in [0.15, 0.2) is 0 Å². The summed E-state index contributed by atoms with van der Waals surface area (Å²) < 4.78 is 10.3. The highest BCUT2D eigenvalue weighted by Gasteiger charge is 2.25. The van der Waals surface area contributed by atoms with Gasteiger partial charge in [-0.25, -0.2) is 0 Å². The molecule has 0 aliphatic carbocycles. The van der Waals surface area contributed by atoms with Gasteiger partial charge in [-0.2, -0.15) is 0 Å². The van der Waals surface area contributed by atoms with Crippen LogP contribution in [-0.2, 0) is 14.3 Å². The van der Waals surface area contributed by atoms with Crippen molar-refractivity contribution in [3.05, 3.63) is 12.7 Å². The van der Waals surface area contributed by atoms with Crippen molar-refractivity contribution in [2.45, 2.75) is 58.8 Å². The zero-order chi connectivity index (χ0) is 11.7. The second kappa shape index (κ2) is 8.48. The van der Waals surface area contributed by atoms with Crippen molar-refractivity contribution in [2.24, 2.45) is 0 Å². The van der Waals surface area contributed by atoms with Gasteiger partial charge in [0.2, 0.25) is 6.29 Å². The predicted octanol–water partition coefficient (Wildman–Crippen LogP) is 3.05. The molecule has 0 N–H and O–H groups in total. The Hall–Kier alpha value is -0.830. The highest BCUT2D eigenvalue weighted by Crippen LogP contribution is 2.22. The largest absolute Gasteiger partial charge is 0.436 e. The molecule has 15 heavy (non-hydrogen) atoms. The molecular formula is C12H22O3. The topological polar surface area (TPSA) is 35.5 Å². The number of rotatable bonds is 3. The van der Waals surface area contributed by atoms with Gasteiger partial charge in [-0.05, 0) is 12.8 Å². The average molecular weight is 214 g/mol. The fourth-order valence-corrected chi connectivity index (χ4v) is 1.30. The van der Waals surface area contributed by atoms with E-state index < -0.39 is 0 Å². The summed E-state index contributed by atoms with van der Waals surface area (Å²) in [5, 5.41) is 0. The van der Waals surface area contributed by atoms with Gasteiger partial charge >= 0.3 is 5.97 Å². The first-order valence-corrected chi connectivity index (χ1v) is 5.57. The van der Waals surface area contributed by atoms with Crippen LogP contribution < -0.4 is 0 Å². The summed E-state index contributed by atoms with van der Waals surface area (Å²) in [4.78, 5) is 10.5. The molecule has 1 aliphatic rings. The molecule has 1 aliphatic heterocycles. The maximum atomic E-state index is 10.5. The SMILES string of the molecule is C=CCC1CCC(OC(C)=O)O1.CCC. The Balaban J connectivity index is 0.000000583. The number of hydrogen-bond donors (Lipinski definition) is 0. The lowest BCUT2D eigenvalue weighted by molar-refractivity contribution is -0.172. The van der Waals surface area contributed by atoms with Crippen LogP contribution >= 0.6 is 0 Å². The third-order valence-corrected chi connectivity index (χ3v) is 1.80. The smallest absolute Gasteiger partial charge is 0.304 e. The van der Waals surface area contributed by atoms with Gasteiger partial charge in [-0.15, -0.1) is 6.58 Å². The van der Waals surface area contributed by atoms with Crippen LogP contribution in [0.2, 0.25) is 0 Å². The summed E-state index contributed by atoms with van der Waals surface area (Å²) in [5.41, 5.74) is 0. The normalized spacial score (nSPS) is 23.9. The molecule has 3 nitrogen and oxygen atoms in total. The van der Waals surface area contributed by atoms with E-state index in [0.29, 0.717) is 0 Å². The molecule has 0 spiro atoms. The van der Waals surface area contributed by atoms with Crippen molar-refractivity contribution < 1.29 is 14.3 Å². The second-order valence-electron chi connectivity index (χ2n) is 3.61. The van der Waals surface area contributed by atoms with Crippen LogP contribution in [0.1, 0.15) is 46.5 Å². The Morgan fingerprint density at radius 2 is 2.13 bits per heavy atom. The lowest BCUT2D eigenvalue weighted by atomic mass is 10.2. The Morgan fingerprint density at radius 3 is 2.60 bits per heavy atom. The van der Waals surface area contributed by atoms with E-state index in [0.717, 1.165) is 19.3 Å². The van der Waals surface area contributed by atoms with Gasteiger partial charge in [-0.1, -0.05) is 26.3 Å². The summed E-state index contributed by atoms with van der Waals surface area (Å²) in [5.74, 6) is -0.278. The van der Waals surface area contributed by atoms with E-state index in [1.54, 1.807) is 0 Å². The molecule has 0 aromatic heterocycles. The monoisotopic (exact) mass is 214 g/mol. The third kappa shape index (κ3) is 7.14. The van der Waals surface area contributed by atoms with Crippen LogP contribution in [0, 0.1) is 0 Å². The van der Waals surface area contributed by atoms with E-state index in [-0.39, 0.29) is 18.4 Å². The third-order valence-electron chi connectivity index (χ3n) is 1.80. The van der Waals surface area contributed by atoms with Crippen molar-refractivity contribution in [3.63, 3.8) is 0 Å². The second-order valence-corrected chi connectivity index (χ2v) is 3.61. The van der Waals surface area contributed by atoms with Gasteiger partial charge in [-0.3, -0.25) is 4.79 Å². The Kier molecular flexibility index (Phi) is 8.01. The Bertz CT molecular complexity index is 189. The van der Waals surface area contributed by atoms with E-state index in [1.807, 2.05) is 6.08 Å². The molecule has 1 rings (SSSR count). The molecule has 1 fully saturated rings. The van der Waals surface area contributed by atoms with Gasteiger partial charge in [0.25, 0.3) is 0 Å². The van der Waals surface area contributed by atoms with Crippen molar-refractivity contribution in [2.75, 3.05) is 0 Å². The van der Waals surface area contributed by atoms with Crippen LogP contribution in [0.25, 0.3) is 0 Å². The van der Waals surface area contributed by atoms with Crippen molar-refractivity contribution in [3.8, 4) is 0 Å². The number of carbonyl (C=O) groups excluding carboxylic acids is 1. The van der Waals surface area contributed by atoms with Crippen LogP contribution in [0.3, 0.4) is 0 Å². The van der Waals surface area contributed by atoms with Gasteiger partial charge < -0.3 is 9.47 Å². The lowest BCUT2D eigenvalue weighted by Gasteiger charge is -2.11. The fourth-order valence-electron chi connectivity index (χ4n) is 1.30. The minimum absolute atomic E-state index is 0.187. The first-order valence-electron chi connectivity index (χ1n) is 5.57. The van der Waals surface area contributed by atoms with Gasteiger partial charge in [0.1, 0.15) is 0 Å². The first-order chi connectivity index (χ1) is 7.13. The van der Waals surface area contributed by atoms with E-state index in [2.05, 4.69) is 20.4 Å². The lowest BCUT2D eigenvalue weighted by Crippen LogP contribution is -2.16. The average Bonchev–Trinajstić information content (AvgIpc) is 2.53. The quantitative estimate of drug-likeness (QED) is 0.535. The summed E-state index contributed by atoms with van der Waals surface area (Å²) in [6, 6.07) is 0. The molecule has 0 bridgehead atoms. The molecule has 0 saturated carbocycles. The standard InChI is InChI=1S/C9H14O3.C3H8/c1-3-4-8-5-6-9(12-8)11-7(2)10;1-3-2/h3,8-9H,1,4-6H2,2H3;3H2,1-2H3. The molecular weight excluding hydrogens is 192 g/mol. The molecule has 0 amide bonds. The summed E-state index contributed by atoms with van der Waals surface area (Å²) in [6.07, 6.45) is 5.51. The van der Waals surface area contributed by atoms with Crippen LogP contribution in [0.4, 0.5) is 0 Å². The predicted molar refractivity (Wildman–Crippen MR) is 60.4 cm³/mol. The van der Waals surface area contributed by atoms with Gasteiger partial charge in [0.05, 0.1) is 6.10 Å². The number of esters is 1. The Morgan fingerprint density at radius 1 is 1.53 bits per heavy atom. The van der Waals surface area contributed by atoms with Crippen molar-refractivity contribution in [1.82, 2.24) is 0 Å². The maximum absolute atomic E-state index is 10.5. The number of carbonyl (C=O) groups is 1. The van der Waals surface area contributed by atoms with Crippen LogP contribution in [0.15, 0.2) is 12.7 Å². The molecule has 88 valence electrons. The molecule has 2 unspecified atom stereocenters. The van der Waals surface area contributed by atoms with E-state index in [4.69, 9.17) is 9.47 Å². The summed E-state index contributed by atoms with van der Waals surface area (Å²) in [6.45, 7) is 9.27. The summed E-state index contributed by atoms with van der Waals surface area (Å²) >= 11 is 0. The minimum atomic E-state index is -0.326. The molecule has 1 heterocycles. The summed E-state index contributed by atoms with van der Waals surface area (Å²) in [7, 11) is 0. The van der Waals surface area contributed by atoms with E-state index in [1.165, 1.54) is 13.3 Å². The van der Waals surface area contributed by atoms with Crippen molar-refractivity contribution in [1.29, 1.82) is 0 Å². The minimum Gasteiger partial charge on any atom is -0.436 e. The molecule has 0 radical (unpaired) electrons. The number of ether oxygens (including phenoxy) is 2. The molecule has 3 heteroatoms. The first kappa shape index (κ1) is 14.2. The van der Waals surface area contributed by atoms with Crippen LogP contribution in [0.5, 0.6) is 0 Å². The number of hydrogen-bond acceptors (Lipinski definition) is 3. The molecule has 0 aromatic carbocycles. The Labute approximate surface area is 92.5 Å². The maximum Gasteiger partial charge on any atom is 0.304 e. The zero-order valence-electron chi connectivity index (χ0n) is 9.99.